The SMILES string of the molecule is O=C(O)c1ccc2ccccc2c1OCCCN(Cc1ccc(C(F)(F)F)cc1C(F)(F)F)c1nc2ccccc2o1. The van der Waals surface area contributed by atoms with Crippen molar-refractivity contribution in [3.8, 4) is 5.75 Å². The van der Waals surface area contributed by atoms with Gasteiger partial charge >= 0.3 is 18.3 Å². The van der Waals surface area contributed by atoms with Gasteiger partial charge in [0.05, 0.1) is 17.7 Å². The molecule has 0 saturated carbocycles. The number of fused-ring (bicyclic) bond motifs is 2. The number of alkyl halides is 6. The third-order valence-electron chi connectivity index (χ3n) is 6.59. The van der Waals surface area contributed by atoms with E-state index in [-0.39, 0.29) is 43.0 Å². The predicted molar refractivity (Wildman–Crippen MR) is 143 cm³/mol. The fourth-order valence-electron chi connectivity index (χ4n) is 4.59. The maximum Gasteiger partial charge on any atom is 0.416 e. The van der Waals surface area contributed by atoms with Gasteiger partial charge in [0.15, 0.2) is 5.58 Å². The summed E-state index contributed by atoms with van der Waals surface area (Å²) in [5, 5.41) is 11.0. The van der Waals surface area contributed by atoms with Gasteiger partial charge in [-0.2, -0.15) is 31.3 Å². The van der Waals surface area contributed by atoms with Gasteiger partial charge in [-0.25, -0.2) is 4.79 Å². The van der Waals surface area contributed by atoms with E-state index >= 15 is 0 Å². The lowest BCUT2D eigenvalue weighted by Gasteiger charge is -2.24. The van der Waals surface area contributed by atoms with E-state index in [9.17, 15) is 36.2 Å². The van der Waals surface area contributed by atoms with E-state index in [4.69, 9.17) is 9.15 Å². The number of rotatable bonds is 9. The number of hydrogen-bond donors (Lipinski definition) is 1. The van der Waals surface area contributed by atoms with Crippen molar-refractivity contribution in [1.82, 2.24) is 4.98 Å². The van der Waals surface area contributed by atoms with Crippen molar-refractivity contribution in [2.75, 3.05) is 18.1 Å². The molecule has 1 aromatic heterocycles. The van der Waals surface area contributed by atoms with E-state index in [1.807, 2.05) is 0 Å². The second-order valence-corrected chi connectivity index (χ2v) is 9.42. The van der Waals surface area contributed by atoms with Crippen molar-refractivity contribution in [3.05, 3.63) is 101 Å². The second-order valence-electron chi connectivity index (χ2n) is 9.42. The van der Waals surface area contributed by atoms with E-state index in [1.165, 1.54) is 11.0 Å². The molecule has 0 fully saturated rings. The van der Waals surface area contributed by atoms with Gasteiger partial charge in [0, 0.05) is 18.5 Å². The third-order valence-corrected chi connectivity index (χ3v) is 6.59. The van der Waals surface area contributed by atoms with Gasteiger partial charge in [-0.05, 0) is 47.7 Å². The molecule has 0 amide bonds. The number of carboxylic acid groups (broad SMARTS) is 1. The number of para-hydroxylation sites is 2. The zero-order valence-corrected chi connectivity index (χ0v) is 21.7. The van der Waals surface area contributed by atoms with Crippen LogP contribution >= 0.6 is 0 Å². The first-order valence-corrected chi connectivity index (χ1v) is 12.7. The number of aromatic carboxylic acids is 1. The summed E-state index contributed by atoms with van der Waals surface area (Å²) in [4.78, 5) is 17.5. The molecule has 0 aliphatic rings. The van der Waals surface area contributed by atoms with E-state index in [1.54, 1.807) is 54.6 Å². The number of carbonyl (C=O) groups is 1. The summed E-state index contributed by atoms with van der Waals surface area (Å²) in [7, 11) is 0. The highest BCUT2D eigenvalue weighted by Gasteiger charge is 2.38. The summed E-state index contributed by atoms with van der Waals surface area (Å²) in [6.07, 6.45) is -9.82. The Kier molecular flexibility index (Phi) is 7.72. The Labute approximate surface area is 234 Å². The predicted octanol–water partition coefficient (Wildman–Crippen LogP) is 8.19. The van der Waals surface area contributed by atoms with Crippen molar-refractivity contribution >= 4 is 33.9 Å². The molecule has 1 heterocycles. The first kappa shape index (κ1) is 28.8. The van der Waals surface area contributed by atoms with Crippen LogP contribution in [0.2, 0.25) is 0 Å². The number of halogens is 6. The normalized spacial score (nSPS) is 12.1. The summed E-state index contributed by atoms with van der Waals surface area (Å²) < 4.78 is 92.9. The molecule has 218 valence electrons. The number of nitrogens with zero attached hydrogens (tertiary/aromatic N) is 2. The number of ether oxygens (including phenoxy) is 1. The maximum atomic E-state index is 13.9. The smallest absolute Gasteiger partial charge is 0.416 e. The fourth-order valence-corrected chi connectivity index (χ4v) is 4.59. The molecule has 6 nitrogen and oxygen atoms in total. The number of anilines is 1. The molecule has 4 aromatic carbocycles. The zero-order chi connectivity index (χ0) is 30.1. The molecule has 12 heteroatoms. The number of benzene rings is 4. The topological polar surface area (TPSA) is 75.8 Å². The van der Waals surface area contributed by atoms with Crippen molar-refractivity contribution in [3.63, 3.8) is 0 Å². The van der Waals surface area contributed by atoms with Gasteiger partial charge in [0.1, 0.15) is 16.8 Å². The van der Waals surface area contributed by atoms with Gasteiger partial charge in [0.25, 0.3) is 6.01 Å². The van der Waals surface area contributed by atoms with Gasteiger partial charge in [0.2, 0.25) is 0 Å². The molecular weight excluding hydrogens is 566 g/mol. The molecule has 0 bridgehead atoms. The summed E-state index contributed by atoms with van der Waals surface area (Å²) in [5.41, 5.74) is -2.47. The zero-order valence-electron chi connectivity index (χ0n) is 21.7. The third kappa shape index (κ3) is 6.12. The first-order chi connectivity index (χ1) is 19.9. The van der Waals surface area contributed by atoms with Crippen molar-refractivity contribution in [2.45, 2.75) is 25.3 Å². The van der Waals surface area contributed by atoms with Crippen LogP contribution in [0.25, 0.3) is 21.9 Å². The van der Waals surface area contributed by atoms with E-state index < -0.39 is 41.6 Å². The lowest BCUT2D eigenvalue weighted by atomic mass is 10.0. The van der Waals surface area contributed by atoms with Gasteiger partial charge in [-0.1, -0.05) is 48.5 Å². The average molecular weight is 589 g/mol. The van der Waals surface area contributed by atoms with Crippen LogP contribution in [-0.4, -0.2) is 29.2 Å². The van der Waals surface area contributed by atoms with Crippen molar-refractivity contribution < 1.29 is 45.4 Å². The van der Waals surface area contributed by atoms with Gasteiger partial charge < -0.3 is 19.2 Å². The second kappa shape index (κ2) is 11.3. The highest BCUT2D eigenvalue weighted by Crippen LogP contribution is 2.38. The molecule has 0 saturated heterocycles. The average Bonchev–Trinajstić information content (AvgIpc) is 3.37. The Morgan fingerprint density at radius 2 is 1.64 bits per heavy atom. The van der Waals surface area contributed by atoms with E-state index in [0.717, 1.165) is 11.5 Å². The Balaban J connectivity index is 1.43. The molecule has 42 heavy (non-hydrogen) atoms. The monoisotopic (exact) mass is 588 g/mol. The standard InChI is InChI=1S/C30H22F6N2O4/c31-29(32,33)20-12-10-19(23(16-20)30(34,35)36)17-38(28-37-24-8-3-4-9-25(24)42-28)14-5-15-41-26-21-7-2-1-6-18(21)11-13-22(26)27(39)40/h1-4,6-13,16H,5,14-15,17H2,(H,39,40). The Hall–Kier alpha value is -4.74. The molecule has 0 unspecified atom stereocenters. The molecule has 0 radical (unpaired) electrons. The number of oxazole rings is 1. The Morgan fingerprint density at radius 3 is 2.36 bits per heavy atom. The minimum absolute atomic E-state index is 0.0237. The van der Waals surface area contributed by atoms with E-state index in [2.05, 4.69) is 4.98 Å². The van der Waals surface area contributed by atoms with Crippen LogP contribution in [-0.2, 0) is 18.9 Å². The summed E-state index contributed by atoms with van der Waals surface area (Å²) in [6.45, 7) is -0.461. The summed E-state index contributed by atoms with van der Waals surface area (Å²) in [6, 6.07) is 18.3. The van der Waals surface area contributed by atoms with Crippen LogP contribution in [0.3, 0.4) is 0 Å². The molecule has 5 rings (SSSR count). The molecule has 0 spiro atoms. The maximum absolute atomic E-state index is 13.9. The Morgan fingerprint density at radius 1 is 0.905 bits per heavy atom. The largest absolute Gasteiger partial charge is 0.492 e. The molecule has 1 N–H and O–H groups in total. The minimum atomic E-state index is -5.05. The van der Waals surface area contributed by atoms with Crippen LogP contribution in [0.15, 0.2) is 83.3 Å². The van der Waals surface area contributed by atoms with Crippen LogP contribution in [0.5, 0.6) is 5.75 Å². The number of aromatic nitrogens is 1. The number of carboxylic acids is 1. The molecule has 0 atom stereocenters. The lowest BCUT2D eigenvalue weighted by molar-refractivity contribution is -0.143. The van der Waals surface area contributed by atoms with Gasteiger partial charge in [-0.3, -0.25) is 0 Å². The van der Waals surface area contributed by atoms with Crippen LogP contribution < -0.4 is 9.64 Å². The highest BCUT2D eigenvalue weighted by molar-refractivity contribution is 6.00. The number of hydrogen-bond acceptors (Lipinski definition) is 5. The Bertz CT molecular complexity index is 1710. The molecular formula is C30H22F6N2O4. The van der Waals surface area contributed by atoms with Crippen molar-refractivity contribution in [2.24, 2.45) is 0 Å². The first-order valence-electron chi connectivity index (χ1n) is 12.7. The van der Waals surface area contributed by atoms with Gasteiger partial charge in [-0.15, -0.1) is 0 Å². The fraction of sp³-hybridized carbons (Fsp3) is 0.200. The highest BCUT2D eigenvalue weighted by atomic mass is 19.4. The summed E-state index contributed by atoms with van der Waals surface area (Å²) >= 11 is 0. The lowest BCUT2D eigenvalue weighted by Crippen LogP contribution is -2.27. The minimum Gasteiger partial charge on any atom is -0.492 e. The van der Waals surface area contributed by atoms with Crippen molar-refractivity contribution in [1.29, 1.82) is 0 Å². The van der Waals surface area contributed by atoms with Crippen LogP contribution in [0.4, 0.5) is 32.4 Å². The summed E-state index contributed by atoms with van der Waals surface area (Å²) in [5.74, 6) is -1.04. The molecule has 0 aliphatic heterocycles. The molecule has 5 aromatic rings. The van der Waals surface area contributed by atoms with E-state index in [0.29, 0.717) is 22.6 Å². The van der Waals surface area contributed by atoms with Crippen LogP contribution in [0, 0.1) is 0 Å². The molecule has 0 aliphatic carbocycles. The van der Waals surface area contributed by atoms with Crippen LogP contribution in [0.1, 0.15) is 33.5 Å². The quantitative estimate of drug-likeness (QED) is 0.138.